The Morgan fingerprint density at radius 2 is 2.15 bits per heavy atom. The molecule has 1 aliphatic rings. The predicted octanol–water partition coefficient (Wildman–Crippen LogP) is 2.34. The fourth-order valence-corrected chi connectivity index (χ4v) is 3.37. The van der Waals surface area contributed by atoms with Crippen molar-refractivity contribution in [3.05, 3.63) is 41.8 Å². The summed E-state index contributed by atoms with van der Waals surface area (Å²) in [5.74, 6) is -0.934. The Bertz CT molecular complexity index is 827. The van der Waals surface area contributed by atoms with Gasteiger partial charge in [0, 0.05) is 18.5 Å². The number of amides is 1. The van der Waals surface area contributed by atoms with E-state index in [4.69, 9.17) is 5.73 Å². The molecule has 1 amide bonds. The topological polar surface area (TPSA) is 117 Å². The molecule has 4 N–H and O–H groups in total. The van der Waals surface area contributed by atoms with Gasteiger partial charge in [-0.05, 0) is 49.4 Å². The Hall–Kier alpha value is -2.92. The standard InChI is InChI=1S/C18H20FN5O2/c19-13-2-4-14(5-3-13)22-18-15(17(21)26)9-24(23-18)16-6-1-11(10-25)7-12(16)8-20/h2-5,9,11-12,16,25H,1,6-7,10H2,(H2,21,26)(H,22,23)/t11?,12?,16-/m1/s1. The van der Waals surface area contributed by atoms with Crippen molar-refractivity contribution in [1.82, 2.24) is 9.78 Å². The molecule has 0 radical (unpaired) electrons. The molecule has 2 aromatic rings. The summed E-state index contributed by atoms with van der Waals surface area (Å²) in [6.07, 6.45) is 3.60. The summed E-state index contributed by atoms with van der Waals surface area (Å²) in [6, 6.07) is 7.75. The van der Waals surface area contributed by atoms with E-state index in [0.29, 0.717) is 18.5 Å². The van der Waals surface area contributed by atoms with Crippen LogP contribution in [0.5, 0.6) is 0 Å². The first-order valence-corrected chi connectivity index (χ1v) is 8.43. The van der Waals surface area contributed by atoms with Crippen molar-refractivity contribution in [3.8, 4) is 6.07 Å². The van der Waals surface area contributed by atoms with Gasteiger partial charge in [-0.2, -0.15) is 10.4 Å². The Labute approximate surface area is 150 Å². The Kier molecular flexibility index (Phi) is 5.19. The highest BCUT2D eigenvalue weighted by Crippen LogP contribution is 2.37. The smallest absolute Gasteiger partial charge is 0.254 e. The number of nitrogens with one attached hydrogen (secondary N) is 1. The van der Waals surface area contributed by atoms with Gasteiger partial charge in [-0.25, -0.2) is 4.39 Å². The monoisotopic (exact) mass is 357 g/mol. The number of carbonyl (C=O) groups is 1. The number of primary amides is 1. The quantitative estimate of drug-likeness (QED) is 0.759. The minimum absolute atomic E-state index is 0.0634. The lowest BCUT2D eigenvalue weighted by molar-refractivity contribution is 0.100. The molecule has 2 unspecified atom stereocenters. The van der Waals surface area contributed by atoms with Crippen LogP contribution in [0.4, 0.5) is 15.9 Å². The molecule has 3 rings (SSSR count). The second-order valence-corrected chi connectivity index (χ2v) is 6.53. The Morgan fingerprint density at radius 1 is 1.42 bits per heavy atom. The SMILES string of the molecule is N#CC1CC(CO)CC[C@H]1n1cc(C(N)=O)c(Nc2ccc(F)cc2)n1. The first kappa shape index (κ1) is 17.9. The molecular formula is C18H20FN5O2. The zero-order chi connectivity index (χ0) is 18.7. The van der Waals surface area contributed by atoms with E-state index in [1.165, 1.54) is 24.3 Å². The molecule has 1 aliphatic carbocycles. The van der Waals surface area contributed by atoms with E-state index < -0.39 is 5.91 Å². The van der Waals surface area contributed by atoms with Gasteiger partial charge >= 0.3 is 0 Å². The van der Waals surface area contributed by atoms with Crippen molar-refractivity contribution in [2.24, 2.45) is 17.6 Å². The van der Waals surface area contributed by atoms with E-state index in [1.807, 2.05) is 0 Å². The van der Waals surface area contributed by atoms with E-state index in [1.54, 1.807) is 10.9 Å². The number of aliphatic hydroxyl groups is 1. The van der Waals surface area contributed by atoms with Crippen LogP contribution in [-0.4, -0.2) is 27.4 Å². The van der Waals surface area contributed by atoms with E-state index in [0.717, 1.165) is 6.42 Å². The van der Waals surface area contributed by atoms with Gasteiger partial charge in [0.1, 0.15) is 11.4 Å². The number of hydrogen-bond acceptors (Lipinski definition) is 5. The molecule has 1 aromatic carbocycles. The van der Waals surface area contributed by atoms with Crippen LogP contribution in [0.3, 0.4) is 0 Å². The summed E-state index contributed by atoms with van der Waals surface area (Å²) in [4.78, 5) is 11.8. The van der Waals surface area contributed by atoms with Gasteiger partial charge in [-0.3, -0.25) is 9.48 Å². The Morgan fingerprint density at radius 3 is 2.77 bits per heavy atom. The summed E-state index contributed by atoms with van der Waals surface area (Å²) in [6.45, 7) is 0.0634. The third-order valence-corrected chi connectivity index (χ3v) is 4.79. The Balaban J connectivity index is 1.88. The maximum atomic E-state index is 13.1. The molecule has 1 saturated carbocycles. The highest BCUT2D eigenvalue weighted by atomic mass is 19.1. The zero-order valence-electron chi connectivity index (χ0n) is 14.1. The van der Waals surface area contributed by atoms with Crippen LogP contribution in [-0.2, 0) is 0 Å². The van der Waals surface area contributed by atoms with Gasteiger partial charge in [-0.1, -0.05) is 0 Å². The molecule has 0 spiro atoms. The van der Waals surface area contributed by atoms with Crippen LogP contribution in [0.15, 0.2) is 30.5 Å². The van der Waals surface area contributed by atoms with Crippen LogP contribution < -0.4 is 11.1 Å². The van der Waals surface area contributed by atoms with Crippen molar-refractivity contribution in [2.45, 2.75) is 25.3 Å². The molecular weight excluding hydrogens is 337 g/mol. The molecule has 1 aromatic heterocycles. The lowest BCUT2D eigenvalue weighted by Gasteiger charge is -2.31. The van der Waals surface area contributed by atoms with Crippen LogP contribution in [0.2, 0.25) is 0 Å². The molecule has 3 atom stereocenters. The number of nitrogens with two attached hydrogens (primary N) is 1. The average molecular weight is 357 g/mol. The van der Waals surface area contributed by atoms with Crippen LogP contribution >= 0.6 is 0 Å². The average Bonchev–Trinajstić information content (AvgIpc) is 3.07. The van der Waals surface area contributed by atoms with E-state index in [2.05, 4.69) is 16.5 Å². The third kappa shape index (κ3) is 3.68. The minimum Gasteiger partial charge on any atom is -0.396 e. The predicted molar refractivity (Wildman–Crippen MR) is 93.0 cm³/mol. The number of halogens is 1. The molecule has 1 heterocycles. The summed E-state index contributed by atoms with van der Waals surface area (Å²) in [7, 11) is 0. The molecule has 136 valence electrons. The van der Waals surface area contributed by atoms with Crippen LogP contribution in [0.25, 0.3) is 0 Å². The molecule has 0 bridgehead atoms. The number of rotatable bonds is 5. The zero-order valence-corrected chi connectivity index (χ0v) is 14.1. The number of anilines is 2. The van der Waals surface area contributed by atoms with Gasteiger partial charge in [0.2, 0.25) is 0 Å². The largest absolute Gasteiger partial charge is 0.396 e. The number of hydrogen-bond donors (Lipinski definition) is 3. The molecule has 26 heavy (non-hydrogen) atoms. The second-order valence-electron chi connectivity index (χ2n) is 6.53. The van der Waals surface area contributed by atoms with Crippen molar-refractivity contribution >= 4 is 17.4 Å². The summed E-state index contributed by atoms with van der Waals surface area (Å²) in [5.41, 5.74) is 6.23. The van der Waals surface area contributed by atoms with Gasteiger partial charge in [0.05, 0.1) is 18.0 Å². The lowest BCUT2D eigenvalue weighted by atomic mass is 9.79. The molecule has 7 nitrogen and oxygen atoms in total. The van der Waals surface area contributed by atoms with E-state index >= 15 is 0 Å². The normalized spacial score (nSPS) is 22.6. The summed E-state index contributed by atoms with van der Waals surface area (Å²) < 4.78 is 14.7. The van der Waals surface area contributed by atoms with Crippen LogP contribution in [0.1, 0.15) is 35.7 Å². The van der Waals surface area contributed by atoms with Gasteiger partial charge in [0.25, 0.3) is 5.91 Å². The second kappa shape index (κ2) is 7.54. The molecule has 1 fully saturated rings. The highest BCUT2D eigenvalue weighted by Gasteiger charge is 2.33. The number of benzene rings is 1. The van der Waals surface area contributed by atoms with Crippen molar-refractivity contribution in [2.75, 3.05) is 11.9 Å². The minimum atomic E-state index is -0.640. The molecule has 8 heteroatoms. The van der Waals surface area contributed by atoms with Crippen molar-refractivity contribution in [1.29, 1.82) is 5.26 Å². The highest BCUT2D eigenvalue weighted by molar-refractivity contribution is 5.98. The number of nitrogens with zero attached hydrogens (tertiary/aromatic N) is 3. The van der Waals surface area contributed by atoms with Gasteiger partial charge in [0.15, 0.2) is 5.82 Å². The fraction of sp³-hybridized carbons (Fsp3) is 0.389. The van der Waals surface area contributed by atoms with Crippen LogP contribution in [0, 0.1) is 29.0 Å². The number of aliphatic hydroxyl groups excluding tert-OH is 1. The van der Waals surface area contributed by atoms with Crippen molar-refractivity contribution in [3.63, 3.8) is 0 Å². The summed E-state index contributed by atoms with van der Waals surface area (Å²) >= 11 is 0. The number of nitriles is 1. The molecule has 0 saturated heterocycles. The van der Waals surface area contributed by atoms with Gasteiger partial charge < -0.3 is 16.2 Å². The molecule has 0 aliphatic heterocycles. The summed E-state index contributed by atoms with van der Waals surface area (Å²) in [5, 5.41) is 26.2. The van der Waals surface area contributed by atoms with Crippen molar-refractivity contribution < 1.29 is 14.3 Å². The maximum Gasteiger partial charge on any atom is 0.254 e. The first-order chi connectivity index (χ1) is 12.5. The lowest BCUT2D eigenvalue weighted by Crippen LogP contribution is -2.28. The third-order valence-electron chi connectivity index (χ3n) is 4.79. The number of carbonyl (C=O) groups excluding carboxylic acids is 1. The number of aromatic nitrogens is 2. The fourth-order valence-electron chi connectivity index (χ4n) is 3.37. The van der Waals surface area contributed by atoms with E-state index in [-0.39, 0.29) is 41.7 Å². The first-order valence-electron chi connectivity index (χ1n) is 8.43. The van der Waals surface area contributed by atoms with E-state index in [9.17, 15) is 19.6 Å². The van der Waals surface area contributed by atoms with Gasteiger partial charge in [-0.15, -0.1) is 0 Å². The maximum absolute atomic E-state index is 13.1.